The third kappa shape index (κ3) is 3.97. The Kier molecular flexibility index (Phi) is 5.44. The first kappa shape index (κ1) is 23.4. The Bertz CT molecular complexity index is 1420. The average Bonchev–Trinajstić information content (AvgIpc) is 3.55. The molecule has 1 aliphatic heterocycles. The highest BCUT2D eigenvalue weighted by Crippen LogP contribution is 2.49. The van der Waals surface area contributed by atoms with Gasteiger partial charge in [0.15, 0.2) is 5.69 Å². The first-order valence-corrected chi connectivity index (χ1v) is 12.3. The number of rotatable bonds is 5. The third-order valence-electron chi connectivity index (χ3n) is 5.87. The number of carbonyl (C=O) groups is 1. The smallest absolute Gasteiger partial charge is 0.319 e. The predicted molar refractivity (Wildman–Crippen MR) is 127 cm³/mol. The molecule has 0 saturated carbocycles. The molecule has 8 nitrogen and oxygen atoms in total. The summed E-state index contributed by atoms with van der Waals surface area (Å²) in [4.78, 5) is 29.2. The minimum absolute atomic E-state index is 0.244. The molecule has 4 aromatic heterocycles. The Labute approximate surface area is 206 Å². The van der Waals surface area contributed by atoms with Crippen LogP contribution in [0, 0.1) is 0 Å². The maximum absolute atomic E-state index is 13.4. The van der Waals surface area contributed by atoms with Crippen LogP contribution < -0.4 is 5.32 Å². The predicted octanol–water partition coefficient (Wildman–Crippen LogP) is 5.61. The van der Waals surface area contributed by atoms with Crippen molar-refractivity contribution in [3.05, 3.63) is 57.1 Å². The van der Waals surface area contributed by atoms with Gasteiger partial charge in [-0.25, -0.2) is 15.0 Å². The molecule has 0 unspecified atom stereocenters. The minimum atomic E-state index is -4.52. The number of aryl methyl sites for hydroxylation is 1. The average molecular weight is 520 g/mol. The molecule has 0 aromatic carbocycles. The Morgan fingerprint density at radius 2 is 1.94 bits per heavy atom. The fourth-order valence-electron chi connectivity index (χ4n) is 4.17. The summed E-state index contributed by atoms with van der Waals surface area (Å²) in [5.41, 5.74) is -0.497. The summed E-state index contributed by atoms with van der Waals surface area (Å²) in [5, 5.41) is 8.45. The SMILES string of the molecule is C[C@H](c1nc(C(F)(F)F)cs1)N1C(=O)c2cc(-c3ccnc(Nc4ccnn4C)n3)sc2C1(C)C. The van der Waals surface area contributed by atoms with Crippen LogP contribution in [0.2, 0.25) is 0 Å². The molecule has 1 N–H and O–H groups in total. The molecule has 5 rings (SSSR count). The van der Waals surface area contributed by atoms with E-state index in [0.717, 1.165) is 32.3 Å². The largest absolute Gasteiger partial charge is 0.434 e. The second kappa shape index (κ2) is 8.12. The number of thiophene rings is 1. The van der Waals surface area contributed by atoms with Crippen LogP contribution in [0.25, 0.3) is 10.6 Å². The van der Waals surface area contributed by atoms with Crippen LogP contribution >= 0.6 is 22.7 Å². The molecule has 4 aromatic rings. The number of hydrogen-bond acceptors (Lipinski definition) is 8. The lowest BCUT2D eigenvalue weighted by Gasteiger charge is -2.36. The van der Waals surface area contributed by atoms with Crippen LogP contribution in [0.5, 0.6) is 0 Å². The van der Waals surface area contributed by atoms with Crippen molar-refractivity contribution in [3.8, 4) is 10.6 Å². The summed E-state index contributed by atoms with van der Waals surface area (Å²) < 4.78 is 40.8. The molecule has 0 bridgehead atoms. The molecule has 0 spiro atoms. The lowest BCUT2D eigenvalue weighted by molar-refractivity contribution is -0.140. The van der Waals surface area contributed by atoms with Crippen molar-refractivity contribution >= 4 is 40.3 Å². The minimum Gasteiger partial charge on any atom is -0.319 e. The molecular formula is C22H20F3N7OS2. The van der Waals surface area contributed by atoms with Crippen molar-refractivity contribution in [2.24, 2.45) is 7.05 Å². The van der Waals surface area contributed by atoms with Gasteiger partial charge in [0.25, 0.3) is 5.91 Å². The van der Waals surface area contributed by atoms with Gasteiger partial charge in [-0.15, -0.1) is 22.7 Å². The topological polar surface area (TPSA) is 88.8 Å². The maximum Gasteiger partial charge on any atom is 0.434 e. The number of anilines is 2. The lowest BCUT2D eigenvalue weighted by Crippen LogP contribution is -2.40. The van der Waals surface area contributed by atoms with Crippen LogP contribution in [0.3, 0.4) is 0 Å². The van der Waals surface area contributed by atoms with E-state index in [-0.39, 0.29) is 10.9 Å². The van der Waals surface area contributed by atoms with Crippen LogP contribution in [-0.2, 0) is 18.8 Å². The molecule has 0 saturated heterocycles. The first-order valence-electron chi connectivity index (χ1n) is 10.6. The molecule has 13 heteroatoms. The van der Waals surface area contributed by atoms with Gasteiger partial charge in [0.1, 0.15) is 10.8 Å². The highest BCUT2D eigenvalue weighted by molar-refractivity contribution is 7.16. The van der Waals surface area contributed by atoms with E-state index in [2.05, 4.69) is 25.4 Å². The van der Waals surface area contributed by atoms with E-state index in [0.29, 0.717) is 17.2 Å². The number of amides is 1. The molecule has 35 heavy (non-hydrogen) atoms. The zero-order valence-corrected chi connectivity index (χ0v) is 20.7. The highest BCUT2D eigenvalue weighted by atomic mass is 32.1. The second-order valence-electron chi connectivity index (χ2n) is 8.56. The standard InChI is InChI=1S/C22H20F3N7OS2/c1-11(18-29-15(10-34-18)22(23,24)25)32-19(33)12-9-14(35-17(12)21(32,2)3)13-5-7-26-20(28-13)30-16-6-8-27-31(16)4/h5-11H,1-4H3,(H,26,28,30)/t11-/m1/s1. The van der Waals surface area contributed by atoms with Gasteiger partial charge in [0.05, 0.1) is 33.9 Å². The molecule has 1 aliphatic rings. The van der Waals surface area contributed by atoms with Gasteiger partial charge in [0.2, 0.25) is 5.95 Å². The van der Waals surface area contributed by atoms with E-state index in [9.17, 15) is 18.0 Å². The fraction of sp³-hybridized carbons (Fsp3) is 0.318. The first-order chi connectivity index (χ1) is 16.5. The number of halogens is 3. The summed E-state index contributed by atoms with van der Waals surface area (Å²) in [7, 11) is 1.80. The van der Waals surface area contributed by atoms with E-state index >= 15 is 0 Å². The Hall–Kier alpha value is -3.32. The Morgan fingerprint density at radius 3 is 2.57 bits per heavy atom. The van der Waals surface area contributed by atoms with Crippen LogP contribution in [-0.4, -0.2) is 35.5 Å². The normalized spacial score (nSPS) is 16.0. The molecular weight excluding hydrogens is 499 g/mol. The molecule has 182 valence electrons. The van der Waals surface area contributed by atoms with Crippen molar-refractivity contribution in [2.45, 2.75) is 38.5 Å². The quantitative estimate of drug-likeness (QED) is 0.369. The van der Waals surface area contributed by atoms with Gasteiger partial charge in [-0.3, -0.25) is 9.48 Å². The number of alkyl halides is 3. The van der Waals surface area contributed by atoms with E-state index in [1.165, 1.54) is 11.3 Å². The van der Waals surface area contributed by atoms with Gasteiger partial charge in [-0.05, 0) is 32.9 Å². The van der Waals surface area contributed by atoms with E-state index in [1.54, 1.807) is 54.1 Å². The number of nitrogens with one attached hydrogen (secondary N) is 1. The van der Waals surface area contributed by atoms with Gasteiger partial charge in [-0.1, -0.05) is 0 Å². The third-order valence-corrected chi connectivity index (χ3v) is 8.35. The number of thiazole rings is 1. The van der Waals surface area contributed by atoms with Gasteiger partial charge in [0, 0.05) is 29.6 Å². The molecule has 0 aliphatic carbocycles. The highest BCUT2D eigenvalue weighted by Gasteiger charge is 2.48. The maximum atomic E-state index is 13.4. The second-order valence-corrected chi connectivity index (χ2v) is 10.5. The molecule has 0 fully saturated rings. The monoisotopic (exact) mass is 519 g/mol. The fourth-order valence-corrected chi connectivity index (χ4v) is 6.26. The van der Waals surface area contributed by atoms with Crippen molar-refractivity contribution in [2.75, 3.05) is 5.32 Å². The van der Waals surface area contributed by atoms with Crippen LogP contribution in [0.15, 0.2) is 36.0 Å². The summed E-state index contributed by atoms with van der Waals surface area (Å²) in [6.07, 6.45) is -1.23. The zero-order valence-electron chi connectivity index (χ0n) is 19.1. The van der Waals surface area contributed by atoms with E-state index < -0.39 is 23.5 Å². The lowest BCUT2D eigenvalue weighted by atomic mass is 10.0. The number of nitrogens with zero attached hydrogens (tertiary/aromatic N) is 6. The van der Waals surface area contributed by atoms with Crippen molar-refractivity contribution in [1.29, 1.82) is 0 Å². The molecule has 5 heterocycles. The molecule has 1 amide bonds. The molecule has 0 radical (unpaired) electrons. The summed E-state index contributed by atoms with van der Waals surface area (Å²) in [5.74, 6) is 0.878. The van der Waals surface area contributed by atoms with E-state index in [1.807, 2.05) is 13.8 Å². The van der Waals surface area contributed by atoms with Gasteiger partial charge < -0.3 is 10.2 Å². The molecule has 1 atom stereocenters. The van der Waals surface area contributed by atoms with E-state index in [4.69, 9.17) is 0 Å². The van der Waals surface area contributed by atoms with Gasteiger partial charge in [-0.2, -0.15) is 18.3 Å². The Balaban J connectivity index is 1.43. The van der Waals surface area contributed by atoms with Crippen molar-refractivity contribution in [3.63, 3.8) is 0 Å². The number of carbonyl (C=O) groups excluding carboxylic acids is 1. The Morgan fingerprint density at radius 1 is 1.17 bits per heavy atom. The summed E-state index contributed by atoms with van der Waals surface area (Å²) in [6, 6.07) is 4.74. The van der Waals surface area contributed by atoms with Crippen molar-refractivity contribution < 1.29 is 18.0 Å². The van der Waals surface area contributed by atoms with Gasteiger partial charge >= 0.3 is 6.18 Å². The number of fused-ring (bicyclic) bond motifs is 1. The van der Waals surface area contributed by atoms with Crippen LogP contribution in [0.1, 0.15) is 52.7 Å². The van der Waals surface area contributed by atoms with Crippen molar-refractivity contribution in [1.82, 2.24) is 29.6 Å². The summed E-state index contributed by atoms with van der Waals surface area (Å²) >= 11 is 2.34. The number of aromatic nitrogens is 5. The summed E-state index contributed by atoms with van der Waals surface area (Å²) in [6.45, 7) is 5.49. The zero-order chi connectivity index (χ0) is 25.1. The van der Waals surface area contributed by atoms with Crippen LogP contribution in [0.4, 0.5) is 24.9 Å². The number of hydrogen-bond donors (Lipinski definition) is 1.